The topological polar surface area (TPSA) is 50.9 Å². The molecule has 4 heteroatoms. The quantitative estimate of drug-likeness (QED) is 0.542. The third-order valence-electron chi connectivity index (χ3n) is 3.12. The summed E-state index contributed by atoms with van der Waals surface area (Å²) in [5.41, 5.74) is 5.84. The molecule has 0 amide bonds. The Hall–Kier alpha value is -0.450. The molecular weight excluding hydrogens is 218 g/mol. The van der Waals surface area contributed by atoms with Gasteiger partial charge in [0.05, 0.1) is 17.2 Å². The molecule has 2 atom stereocenters. The molecule has 0 aromatic carbocycles. The van der Waals surface area contributed by atoms with Crippen LogP contribution in [0.15, 0.2) is 10.9 Å². The van der Waals surface area contributed by atoms with E-state index < -0.39 is 0 Å². The number of hydrazine groups is 1. The lowest BCUT2D eigenvalue weighted by Gasteiger charge is -2.20. The summed E-state index contributed by atoms with van der Waals surface area (Å²) in [6.45, 7) is 4.50. The van der Waals surface area contributed by atoms with E-state index in [2.05, 4.69) is 29.6 Å². The van der Waals surface area contributed by atoms with Crippen molar-refractivity contribution >= 4 is 11.3 Å². The molecule has 0 fully saturated rings. The molecule has 0 aliphatic heterocycles. The number of hydrogen-bond acceptors (Lipinski definition) is 4. The fraction of sp³-hybridized carbons (Fsp3) is 0.750. The predicted molar refractivity (Wildman–Crippen MR) is 70.1 cm³/mol. The van der Waals surface area contributed by atoms with Crippen molar-refractivity contribution in [1.29, 1.82) is 0 Å². The van der Waals surface area contributed by atoms with Crippen molar-refractivity contribution < 1.29 is 0 Å². The van der Waals surface area contributed by atoms with Gasteiger partial charge in [-0.1, -0.05) is 39.5 Å². The molecule has 1 heterocycles. The van der Waals surface area contributed by atoms with Crippen LogP contribution in [0.1, 0.15) is 57.7 Å². The summed E-state index contributed by atoms with van der Waals surface area (Å²) >= 11 is 1.63. The van der Waals surface area contributed by atoms with Gasteiger partial charge >= 0.3 is 0 Å². The Labute approximate surface area is 102 Å². The molecule has 92 valence electrons. The van der Waals surface area contributed by atoms with Crippen molar-refractivity contribution in [2.45, 2.75) is 52.0 Å². The van der Waals surface area contributed by atoms with Crippen LogP contribution in [0.25, 0.3) is 0 Å². The van der Waals surface area contributed by atoms with E-state index in [1.54, 1.807) is 11.3 Å². The van der Waals surface area contributed by atoms with Crippen molar-refractivity contribution in [3.63, 3.8) is 0 Å². The molecule has 0 saturated carbocycles. The summed E-state index contributed by atoms with van der Waals surface area (Å²) < 4.78 is 0. The summed E-state index contributed by atoms with van der Waals surface area (Å²) in [6.07, 6.45) is 6.20. The van der Waals surface area contributed by atoms with Crippen LogP contribution in [-0.4, -0.2) is 4.98 Å². The first-order valence-corrected chi connectivity index (χ1v) is 7.10. The zero-order chi connectivity index (χ0) is 11.8. The van der Waals surface area contributed by atoms with Crippen LogP contribution >= 0.6 is 11.3 Å². The zero-order valence-corrected chi connectivity index (χ0v) is 11.1. The van der Waals surface area contributed by atoms with Gasteiger partial charge in [-0.3, -0.25) is 11.3 Å². The maximum absolute atomic E-state index is 5.61. The van der Waals surface area contributed by atoms with Crippen molar-refractivity contribution in [2.75, 3.05) is 0 Å². The Morgan fingerprint density at radius 2 is 2.31 bits per heavy atom. The number of thiazole rings is 1. The standard InChI is InChI=1S/C12H23N3S/c1-3-5-6-10(4-2)7-11(15-13)12-8-16-9-14-12/h8-11,15H,3-7,13H2,1-2H3. The van der Waals surface area contributed by atoms with Crippen LogP contribution in [0.5, 0.6) is 0 Å². The van der Waals surface area contributed by atoms with Crippen LogP contribution < -0.4 is 11.3 Å². The normalized spacial score (nSPS) is 14.9. The number of unbranched alkanes of at least 4 members (excludes halogenated alkanes) is 1. The molecule has 1 rings (SSSR count). The van der Waals surface area contributed by atoms with E-state index in [0.29, 0.717) is 0 Å². The lowest BCUT2D eigenvalue weighted by molar-refractivity contribution is 0.353. The van der Waals surface area contributed by atoms with E-state index in [-0.39, 0.29) is 6.04 Å². The summed E-state index contributed by atoms with van der Waals surface area (Å²) in [4.78, 5) is 4.33. The molecule has 3 N–H and O–H groups in total. The van der Waals surface area contributed by atoms with Crippen LogP contribution in [-0.2, 0) is 0 Å². The van der Waals surface area contributed by atoms with Gasteiger partial charge in [0, 0.05) is 5.38 Å². The molecule has 0 bridgehead atoms. The molecular formula is C12H23N3S. The Morgan fingerprint density at radius 1 is 1.50 bits per heavy atom. The molecule has 16 heavy (non-hydrogen) atoms. The van der Waals surface area contributed by atoms with E-state index >= 15 is 0 Å². The second kappa shape index (κ2) is 7.76. The Bertz CT molecular complexity index is 261. The van der Waals surface area contributed by atoms with Gasteiger partial charge in [-0.25, -0.2) is 4.98 Å². The maximum atomic E-state index is 5.61. The molecule has 3 nitrogen and oxygen atoms in total. The lowest BCUT2D eigenvalue weighted by atomic mass is 9.91. The van der Waals surface area contributed by atoms with Crippen LogP contribution in [0.4, 0.5) is 0 Å². The molecule has 0 aliphatic carbocycles. The highest BCUT2D eigenvalue weighted by Gasteiger charge is 2.16. The monoisotopic (exact) mass is 241 g/mol. The number of aromatic nitrogens is 1. The Kier molecular flexibility index (Phi) is 6.61. The van der Waals surface area contributed by atoms with Gasteiger partial charge in [0.2, 0.25) is 0 Å². The van der Waals surface area contributed by atoms with Crippen molar-refractivity contribution in [1.82, 2.24) is 10.4 Å². The van der Waals surface area contributed by atoms with Crippen molar-refractivity contribution in [3.8, 4) is 0 Å². The Morgan fingerprint density at radius 3 is 2.81 bits per heavy atom. The smallest absolute Gasteiger partial charge is 0.0795 e. The minimum Gasteiger partial charge on any atom is -0.271 e. The molecule has 0 radical (unpaired) electrons. The molecule has 2 unspecified atom stereocenters. The SMILES string of the molecule is CCCCC(CC)CC(NN)c1cscn1. The van der Waals surface area contributed by atoms with E-state index in [4.69, 9.17) is 5.84 Å². The third kappa shape index (κ3) is 4.20. The van der Waals surface area contributed by atoms with Crippen molar-refractivity contribution in [2.24, 2.45) is 11.8 Å². The van der Waals surface area contributed by atoms with Gasteiger partial charge in [-0.05, 0) is 12.3 Å². The van der Waals surface area contributed by atoms with E-state index in [1.165, 1.54) is 25.7 Å². The zero-order valence-electron chi connectivity index (χ0n) is 10.3. The third-order valence-corrected chi connectivity index (χ3v) is 3.73. The van der Waals surface area contributed by atoms with Gasteiger partial charge in [-0.2, -0.15) is 0 Å². The average Bonchev–Trinajstić information content (AvgIpc) is 2.83. The number of nitrogens with zero attached hydrogens (tertiary/aromatic N) is 1. The average molecular weight is 241 g/mol. The largest absolute Gasteiger partial charge is 0.271 e. The summed E-state index contributed by atoms with van der Waals surface area (Å²) in [5, 5.41) is 2.08. The Balaban J connectivity index is 2.47. The predicted octanol–water partition coefficient (Wildman–Crippen LogP) is 3.25. The van der Waals surface area contributed by atoms with Gasteiger partial charge < -0.3 is 0 Å². The van der Waals surface area contributed by atoms with E-state index in [1.807, 2.05) is 5.51 Å². The minimum absolute atomic E-state index is 0.216. The van der Waals surface area contributed by atoms with E-state index in [0.717, 1.165) is 18.0 Å². The highest BCUT2D eigenvalue weighted by Crippen LogP contribution is 2.25. The summed E-state index contributed by atoms with van der Waals surface area (Å²) in [5.74, 6) is 6.36. The number of hydrogen-bond donors (Lipinski definition) is 2. The number of nitrogens with two attached hydrogens (primary N) is 1. The highest BCUT2D eigenvalue weighted by atomic mass is 32.1. The summed E-state index contributed by atoms with van der Waals surface area (Å²) in [7, 11) is 0. The second-order valence-electron chi connectivity index (χ2n) is 4.28. The molecule has 0 saturated heterocycles. The van der Waals surface area contributed by atoms with Crippen LogP contribution in [0.3, 0.4) is 0 Å². The summed E-state index contributed by atoms with van der Waals surface area (Å²) in [6, 6.07) is 0.216. The van der Waals surface area contributed by atoms with Crippen molar-refractivity contribution in [3.05, 3.63) is 16.6 Å². The molecule has 1 aromatic heterocycles. The number of nitrogens with one attached hydrogen (secondary N) is 1. The fourth-order valence-electron chi connectivity index (χ4n) is 1.98. The number of rotatable bonds is 8. The molecule has 0 aliphatic rings. The first-order chi connectivity index (χ1) is 7.81. The maximum Gasteiger partial charge on any atom is 0.0795 e. The van der Waals surface area contributed by atoms with Gasteiger partial charge in [0.25, 0.3) is 0 Å². The minimum atomic E-state index is 0.216. The van der Waals surface area contributed by atoms with Gasteiger partial charge in [-0.15, -0.1) is 11.3 Å². The molecule has 1 aromatic rings. The van der Waals surface area contributed by atoms with Crippen LogP contribution in [0, 0.1) is 5.92 Å². The first kappa shape index (κ1) is 13.6. The van der Waals surface area contributed by atoms with Crippen LogP contribution in [0.2, 0.25) is 0 Å². The fourth-order valence-corrected chi connectivity index (χ4v) is 2.59. The first-order valence-electron chi connectivity index (χ1n) is 6.16. The van der Waals surface area contributed by atoms with Gasteiger partial charge in [0.15, 0.2) is 0 Å². The van der Waals surface area contributed by atoms with E-state index in [9.17, 15) is 0 Å². The lowest BCUT2D eigenvalue weighted by Crippen LogP contribution is -2.30. The van der Waals surface area contributed by atoms with Gasteiger partial charge in [0.1, 0.15) is 0 Å². The highest BCUT2D eigenvalue weighted by molar-refractivity contribution is 7.07. The second-order valence-corrected chi connectivity index (χ2v) is 5.00. The molecule has 0 spiro atoms.